The van der Waals surface area contributed by atoms with Gasteiger partial charge in [0, 0.05) is 6.42 Å². The molecule has 0 spiro atoms. The third-order valence-corrected chi connectivity index (χ3v) is 6.61. The summed E-state index contributed by atoms with van der Waals surface area (Å²) < 4.78 is 10.5. The summed E-state index contributed by atoms with van der Waals surface area (Å²) in [6, 6.07) is 0. The largest absolute Gasteiger partial charge is 0.463 e. The summed E-state index contributed by atoms with van der Waals surface area (Å²) in [5, 5.41) is 8.73. The van der Waals surface area contributed by atoms with Crippen LogP contribution in [0.2, 0.25) is 0 Å². The lowest BCUT2D eigenvalue weighted by atomic mass is 9.91. The number of ether oxygens (including phenoxy) is 2. The summed E-state index contributed by atoms with van der Waals surface area (Å²) in [6.07, 6.45) is 27.1. The highest BCUT2D eigenvalue weighted by Crippen LogP contribution is 2.23. The lowest BCUT2D eigenvalue weighted by Crippen LogP contribution is -2.15. The van der Waals surface area contributed by atoms with Crippen molar-refractivity contribution in [1.82, 2.24) is 0 Å². The quantitative estimate of drug-likeness (QED) is 0.0967. The van der Waals surface area contributed by atoms with Gasteiger partial charge in [0.15, 0.2) is 0 Å². The number of aliphatic hydroxyl groups excluding tert-OH is 1. The molecular weight excluding hydrogens is 412 g/mol. The summed E-state index contributed by atoms with van der Waals surface area (Å²) in [6.45, 7) is 5.51. The van der Waals surface area contributed by atoms with Crippen LogP contribution in [0.4, 0.5) is 0 Å². The molecule has 0 bridgehead atoms. The summed E-state index contributed by atoms with van der Waals surface area (Å²) >= 11 is 0. The molecule has 0 amide bonds. The molecule has 0 rings (SSSR count). The Morgan fingerprint density at radius 3 is 1.45 bits per heavy atom. The van der Waals surface area contributed by atoms with E-state index in [0.717, 1.165) is 12.8 Å². The fourth-order valence-corrected chi connectivity index (χ4v) is 4.51. The molecule has 0 aliphatic heterocycles. The Labute approximate surface area is 206 Å². The standard InChI is InChI=1S/C29H58O4/c1-3-5-7-9-11-13-14-16-18-20-22-28(21-19-17-15-12-10-8-6-4-2)27-29(31)33-26-25-32-24-23-30/h28,30H,3-27H2,1-2H3. The third kappa shape index (κ3) is 25.8. The van der Waals surface area contributed by atoms with Crippen molar-refractivity contribution in [2.45, 2.75) is 149 Å². The van der Waals surface area contributed by atoms with E-state index in [1.165, 1.54) is 116 Å². The van der Waals surface area contributed by atoms with Crippen molar-refractivity contribution in [2.24, 2.45) is 5.92 Å². The average Bonchev–Trinajstić information content (AvgIpc) is 2.81. The molecule has 0 aliphatic rings. The van der Waals surface area contributed by atoms with Gasteiger partial charge in [-0.05, 0) is 18.8 Å². The molecule has 0 aliphatic carbocycles. The smallest absolute Gasteiger partial charge is 0.306 e. The van der Waals surface area contributed by atoms with Crippen LogP contribution in [0.25, 0.3) is 0 Å². The zero-order chi connectivity index (χ0) is 24.2. The van der Waals surface area contributed by atoms with Gasteiger partial charge in [-0.1, -0.05) is 129 Å². The molecule has 0 saturated carbocycles. The second-order valence-electron chi connectivity index (χ2n) is 9.86. The van der Waals surface area contributed by atoms with Crippen LogP contribution in [0.1, 0.15) is 149 Å². The average molecular weight is 471 g/mol. The lowest BCUT2D eigenvalue weighted by Gasteiger charge is -2.16. The molecule has 0 fully saturated rings. The number of rotatable bonds is 27. The normalized spacial score (nSPS) is 12.2. The van der Waals surface area contributed by atoms with Gasteiger partial charge in [0.05, 0.1) is 19.8 Å². The molecule has 0 heterocycles. The van der Waals surface area contributed by atoms with Gasteiger partial charge >= 0.3 is 5.97 Å². The van der Waals surface area contributed by atoms with Gasteiger partial charge < -0.3 is 14.6 Å². The number of carbonyl (C=O) groups is 1. The van der Waals surface area contributed by atoms with E-state index >= 15 is 0 Å². The third-order valence-electron chi connectivity index (χ3n) is 6.61. The molecule has 198 valence electrons. The number of esters is 1. The van der Waals surface area contributed by atoms with Crippen LogP contribution >= 0.6 is 0 Å². The predicted octanol–water partition coefficient (Wildman–Crippen LogP) is 8.39. The van der Waals surface area contributed by atoms with Crippen LogP contribution in [0.3, 0.4) is 0 Å². The Bertz CT molecular complexity index is 386. The molecule has 0 aromatic carbocycles. The zero-order valence-electron chi connectivity index (χ0n) is 22.4. The first-order valence-electron chi connectivity index (χ1n) is 14.6. The van der Waals surface area contributed by atoms with Crippen LogP contribution in [-0.4, -0.2) is 37.5 Å². The number of unbranched alkanes of at least 4 members (excludes halogenated alkanes) is 16. The SMILES string of the molecule is CCCCCCCCCCCCC(CCCCCCCCCC)CC(=O)OCCOCCO. The maximum atomic E-state index is 12.3. The Morgan fingerprint density at radius 1 is 0.606 bits per heavy atom. The van der Waals surface area contributed by atoms with Crippen molar-refractivity contribution in [3.05, 3.63) is 0 Å². The number of hydrogen-bond donors (Lipinski definition) is 1. The monoisotopic (exact) mass is 470 g/mol. The minimum atomic E-state index is -0.0840. The van der Waals surface area contributed by atoms with Gasteiger partial charge in [-0.15, -0.1) is 0 Å². The van der Waals surface area contributed by atoms with Crippen molar-refractivity contribution in [1.29, 1.82) is 0 Å². The van der Waals surface area contributed by atoms with E-state index in [-0.39, 0.29) is 12.6 Å². The lowest BCUT2D eigenvalue weighted by molar-refractivity contribution is -0.146. The highest BCUT2D eigenvalue weighted by atomic mass is 16.6. The molecule has 0 saturated heterocycles. The summed E-state index contributed by atoms with van der Waals surface area (Å²) in [7, 11) is 0. The summed E-state index contributed by atoms with van der Waals surface area (Å²) in [5.41, 5.74) is 0. The number of hydrogen-bond acceptors (Lipinski definition) is 4. The zero-order valence-corrected chi connectivity index (χ0v) is 22.4. The fourth-order valence-electron chi connectivity index (χ4n) is 4.51. The molecule has 4 heteroatoms. The Balaban J connectivity index is 3.99. The van der Waals surface area contributed by atoms with Gasteiger partial charge in [-0.25, -0.2) is 0 Å². The minimum absolute atomic E-state index is 0.00742. The molecule has 4 nitrogen and oxygen atoms in total. The molecule has 1 unspecified atom stereocenters. The van der Waals surface area contributed by atoms with Gasteiger partial charge in [0.1, 0.15) is 6.61 Å². The Kier molecular flexibility index (Phi) is 27.1. The highest BCUT2D eigenvalue weighted by molar-refractivity contribution is 5.69. The van der Waals surface area contributed by atoms with E-state index < -0.39 is 0 Å². The van der Waals surface area contributed by atoms with Crippen molar-refractivity contribution in [3.8, 4) is 0 Å². The molecule has 33 heavy (non-hydrogen) atoms. The second-order valence-corrected chi connectivity index (χ2v) is 9.86. The highest BCUT2D eigenvalue weighted by Gasteiger charge is 2.15. The van der Waals surface area contributed by atoms with Crippen molar-refractivity contribution < 1.29 is 19.4 Å². The van der Waals surface area contributed by atoms with E-state index in [2.05, 4.69) is 13.8 Å². The molecule has 1 N–H and O–H groups in total. The van der Waals surface area contributed by atoms with Crippen LogP contribution in [0.15, 0.2) is 0 Å². The van der Waals surface area contributed by atoms with E-state index in [1.807, 2.05) is 0 Å². The van der Waals surface area contributed by atoms with E-state index in [1.54, 1.807) is 0 Å². The molecule has 1 atom stereocenters. The van der Waals surface area contributed by atoms with Crippen LogP contribution in [0, 0.1) is 5.92 Å². The predicted molar refractivity (Wildman–Crippen MR) is 141 cm³/mol. The summed E-state index contributed by atoms with van der Waals surface area (Å²) in [4.78, 5) is 12.3. The summed E-state index contributed by atoms with van der Waals surface area (Å²) in [5.74, 6) is 0.379. The maximum Gasteiger partial charge on any atom is 0.306 e. The maximum absolute atomic E-state index is 12.3. The van der Waals surface area contributed by atoms with Gasteiger partial charge in [-0.3, -0.25) is 4.79 Å². The second kappa shape index (κ2) is 27.6. The van der Waals surface area contributed by atoms with Crippen LogP contribution < -0.4 is 0 Å². The van der Waals surface area contributed by atoms with Crippen LogP contribution in [-0.2, 0) is 14.3 Å². The molecule has 0 radical (unpaired) electrons. The van der Waals surface area contributed by atoms with E-state index in [9.17, 15) is 4.79 Å². The first-order valence-corrected chi connectivity index (χ1v) is 14.6. The van der Waals surface area contributed by atoms with Crippen molar-refractivity contribution >= 4 is 5.97 Å². The molecule has 0 aromatic heterocycles. The van der Waals surface area contributed by atoms with Crippen LogP contribution in [0.5, 0.6) is 0 Å². The molecule has 0 aromatic rings. The Hall–Kier alpha value is -0.610. The van der Waals surface area contributed by atoms with Crippen molar-refractivity contribution in [2.75, 3.05) is 26.4 Å². The number of carbonyl (C=O) groups excluding carboxylic acids is 1. The molecular formula is C29H58O4. The topological polar surface area (TPSA) is 55.8 Å². The van der Waals surface area contributed by atoms with E-state index in [4.69, 9.17) is 14.6 Å². The number of aliphatic hydroxyl groups is 1. The van der Waals surface area contributed by atoms with Gasteiger partial charge in [0.2, 0.25) is 0 Å². The van der Waals surface area contributed by atoms with Gasteiger partial charge in [-0.2, -0.15) is 0 Å². The fraction of sp³-hybridized carbons (Fsp3) is 0.966. The van der Waals surface area contributed by atoms with Crippen molar-refractivity contribution in [3.63, 3.8) is 0 Å². The van der Waals surface area contributed by atoms with Gasteiger partial charge in [0.25, 0.3) is 0 Å². The first kappa shape index (κ1) is 32.4. The Morgan fingerprint density at radius 2 is 1.03 bits per heavy atom. The minimum Gasteiger partial charge on any atom is -0.463 e. The van der Waals surface area contributed by atoms with E-state index in [0.29, 0.717) is 32.2 Å². The first-order chi connectivity index (χ1) is 16.2.